The van der Waals surface area contributed by atoms with E-state index >= 15 is 0 Å². The molecule has 0 aliphatic heterocycles. The largest absolute Gasteiger partial charge is 0.300 e. The zero-order valence-corrected chi connectivity index (χ0v) is 9.67. The highest BCUT2D eigenvalue weighted by Crippen LogP contribution is 2.06. The van der Waals surface area contributed by atoms with Gasteiger partial charge in [-0.1, -0.05) is 0 Å². The van der Waals surface area contributed by atoms with Crippen molar-refractivity contribution in [3.63, 3.8) is 0 Å². The first-order chi connectivity index (χ1) is 6.52. The topological polar surface area (TPSA) is 52.0 Å². The minimum absolute atomic E-state index is 0.0635. The molecule has 0 aliphatic rings. The summed E-state index contributed by atoms with van der Waals surface area (Å²) in [4.78, 5) is 26.3. The number of rotatable bonds is 3. The molecule has 0 aliphatic carbocycles. The van der Waals surface area contributed by atoms with E-state index in [0.29, 0.717) is 23.1 Å². The summed E-state index contributed by atoms with van der Waals surface area (Å²) < 4.78 is 1.89. The Morgan fingerprint density at radius 3 is 2.86 bits per heavy atom. The van der Waals surface area contributed by atoms with Crippen LogP contribution in [0.1, 0.15) is 19.0 Å². The molecular weight excluding hydrogens is 248 g/mol. The summed E-state index contributed by atoms with van der Waals surface area (Å²) in [6.45, 7) is 3.64. The summed E-state index contributed by atoms with van der Waals surface area (Å²) in [6, 6.07) is 0. The standard InChI is InChI=1S/C9H11BrN2O2/c1-6(13)3-4-12-5-11-7(2)8(10)9(12)14/h5H,3-4H2,1-2H3. The van der Waals surface area contributed by atoms with Crippen LogP contribution in [0.25, 0.3) is 0 Å². The minimum atomic E-state index is -0.140. The van der Waals surface area contributed by atoms with Crippen LogP contribution in [-0.4, -0.2) is 15.3 Å². The average Bonchev–Trinajstić information content (AvgIpc) is 2.13. The molecule has 0 amide bonds. The van der Waals surface area contributed by atoms with Crippen molar-refractivity contribution in [2.24, 2.45) is 0 Å². The van der Waals surface area contributed by atoms with Crippen LogP contribution in [0, 0.1) is 6.92 Å². The van der Waals surface area contributed by atoms with Gasteiger partial charge < -0.3 is 0 Å². The predicted molar refractivity (Wildman–Crippen MR) is 56.2 cm³/mol. The van der Waals surface area contributed by atoms with Gasteiger partial charge in [-0.25, -0.2) is 4.98 Å². The van der Waals surface area contributed by atoms with Gasteiger partial charge in [-0.2, -0.15) is 0 Å². The smallest absolute Gasteiger partial charge is 0.267 e. The van der Waals surface area contributed by atoms with Gasteiger partial charge in [0.25, 0.3) is 5.56 Å². The fourth-order valence-electron chi connectivity index (χ4n) is 0.983. The van der Waals surface area contributed by atoms with Crippen LogP contribution in [-0.2, 0) is 11.3 Å². The van der Waals surface area contributed by atoms with Crippen molar-refractivity contribution in [3.8, 4) is 0 Å². The van der Waals surface area contributed by atoms with Gasteiger partial charge in [0.2, 0.25) is 0 Å². The third-order valence-corrected chi connectivity index (χ3v) is 2.77. The quantitative estimate of drug-likeness (QED) is 0.821. The number of carbonyl (C=O) groups excluding carboxylic acids is 1. The molecular formula is C9H11BrN2O2. The highest BCUT2D eigenvalue weighted by Gasteiger charge is 2.05. The van der Waals surface area contributed by atoms with E-state index in [9.17, 15) is 9.59 Å². The first-order valence-electron chi connectivity index (χ1n) is 4.23. The molecule has 0 saturated heterocycles. The maximum absolute atomic E-state index is 11.6. The zero-order valence-electron chi connectivity index (χ0n) is 8.08. The van der Waals surface area contributed by atoms with Crippen LogP contribution in [0.2, 0.25) is 0 Å². The predicted octanol–water partition coefficient (Wildman–Crippen LogP) is 1.29. The van der Waals surface area contributed by atoms with Crippen molar-refractivity contribution >= 4 is 21.7 Å². The lowest BCUT2D eigenvalue weighted by atomic mass is 10.3. The van der Waals surface area contributed by atoms with Crippen molar-refractivity contribution in [3.05, 3.63) is 26.8 Å². The molecule has 0 bridgehead atoms. The van der Waals surface area contributed by atoms with Gasteiger partial charge in [0.15, 0.2) is 0 Å². The number of ketones is 1. The Balaban J connectivity index is 2.95. The Bertz CT molecular complexity index is 412. The Kier molecular flexibility index (Phi) is 3.57. The fourth-order valence-corrected chi connectivity index (χ4v) is 1.31. The molecule has 0 N–H and O–H groups in total. The van der Waals surface area contributed by atoms with Gasteiger partial charge >= 0.3 is 0 Å². The van der Waals surface area contributed by atoms with Crippen LogP contribution >= 0.6 is 15.9 Å². The minimum Gasteiger partial charge on any atom is -0.300 e. The van der Waals surface area contributed by atoms with E-state index < -0.39 is 0 Å². The van der Waals surface area contributed by atoms with Crippen LogP contribution in [0.5, 0.6) is 0 Å². The molecule has 0 atom stereocenters. The summed E-state index contributed by atoms with van der Waals surface area (Å²) in [5, 5.41) is 0. The zero-order chi connectivity index (χ0) is 10.7. The van der Waals surface area contributed by atoms with E-state index in [1.165, 1.54) is 17.8 Å². The molecule has 1 aromatic heterocycles. The molecule has 1 rings (SSSR count). The van der Waals surface area contributed by atoms with Gasteiger partial charge in [-0.05, 0) is 29.8 Å². The molecule has 76 valence electrons. The first kappa shape index (κ1) is 11.1. The number of carbonyl (C=O) groups is 1. The normalized spacial score (nSPS) is 10.2. The third kappa shape index (κ3) is 2.51. The summed E-state index contributed by atoms with van der Waals surface area (Å²) in [7, 11) is 0. The number of nitrogens with zero attached hydrogens (tertiary/aromatic N) is 2. The maximum atomic E-state index is 11.6. The van der Waals surface area contributed by atoms with Crippen LogP contribution in [0.4, 0.5) is 0 Å². The second-order valence-corrected chi connectivity index (χ2v) is 3.89. The molecule has 0 unspecified atom stereocenters. The van der Waals surface area contributed by atoms with Gasteiger partial charge in [-0.3, -0.25) is 14.2 Å². The number of Topliss-reactive ketones (excluding diaryl/α,β-unsaturated/α-hetero) is 1. The van der Waals surface area contributed by atoms with E-state index in [1.807, 2.05) is 0 Å². The van der Waals surface area contributed by atoms with E-state index in [4.69, 9.17) is 0 Å². The van der Waals surface area contributed by atoms with Gasteiger partial charge in [-0.15, -0.1) is 0 Å². The lowest BCUT2D eigenvalue weighted by Gasteiger charge is -2.04. The van der Waals surface area contributed by atoms with Crippen molar-refractivity contribution < 1.29 is 4.79 Å². The van der Waals surface area contributed by atoms with E-state index in [0.717, 1.165) is 0 Å². The van der Waals surface area contributed by atoms with Gasteiger partial charge in [0, 0.05) is 13.0 Å². The molecule has 5 heteroatoms. The van der Waals surface area contributed by atoms with E-state index in [-0.39, 0.29) is 11.3 Å². The second-order valence-electron chi connectivity index (χ2n) is 3.09. The van der Waals surface area contributed by atoms with Crippen molar-refractivity contribution in [1.82, 2.24) is 9.55 Å². The molecule has 4 nitrogen and oxygen atoms in total. The van der Waals surface area contributed by atoms with Crippen molar-refractivity contribution in [1.29, 1.82) is 0 Å². The molecule has 0 saturated carbocycles. The fraction of sp³-hybridized carbons (Fsp3) is 0.444. The van der Waals surface area contributed by atoms with E-state index in [2.05, 4.69) is 20.9 Å². The van der Waals surface area contributed by atoms with Crippen LogP contribution in [0.15, 0.2) is 15.6 Å². The number of aromatic nitrogens is 2. The average molecular weight is 259 g/mol. The molecule has 0 spiro atoms. The maximum Gasteiger partial charge on any atom is 0.267 e. The monoisotopic (exact) mass is 258 g/mol. The third-order valence-electron chi connectivity index (χ3n) is 1.86. The molecule has 0 aromatic carbocycles. The van der Waals surface area contributed by atoms with Crippen LogP contribution in [0.3, 0.4) is 0 Å². The number of hydrogen-bond acceptors (Lipinski definition) is 3. The Labute approximate surface area is 90.1 Å². The summed E-state index contributed by atoms with van der Waals surface area (Å²) in [5.41, 5.74) is 0.521. The van der Waals surface area contributed by atoms with Gasteiger partial charge in [0.05, 0.1) is 12.0 Å². The second kappa shape index (κ2) is 4.50. The van der Waals surface area contributed by atoms with E-state index in [1.54, 1.807) is 6.92 Å². The first-order valence-corrected chi connectivity index (χ1v) is 5.02. The Hall–Kier alpha value is -0.970. The lowest BCUT2D eigenvalue weighted by Crippen LogP contribution is -2.23. The van der Waals surface area contributed by atoms with Crippen molar-refractivity contribution in [2.45, 2.75) is 26.8 Å². The molecule has 0 radical (unpaired) electrons. The summed E-state index contributed by atoms with van der Waals surface area (Å²) in [6.07, 6.45) is 1.82. The summed E-state index contributed by atoms with van der Waals surface area (Å²) >= 11 is 3.16. The number of hydrogen-bond donors (Lipinski definition) is 0. The number of halogens is 1. The van der Waals surface area contributed by atoms with Crippen LogP contribution < -0.4 is 5.56 Å². The number of aryl methyl sites for hydroxylation is 2. The SMILES string of the molecule is CC(=O)CCn1cnc(C)c(Br)c1=O. The highest BCUT2D eigenvalue weighted by atomic mass is 79.9. The summed E-state index contributed by atoms with van der Waals surface area (Å²) in [5.74, 6) is 0.0635. The molecule has 14 heavy (non-hydrogen) atoms. The van der Waals surface area contributed by atoms with Crippen molar-refractivity contribution in [2.75, 3.05) is 0 Å². The lowest BCUT2D eigenvalue weighted by molar-refractivity contribution is -0.117. The molecule has 1 heterocycles. The molecule has 0 fully saturated rings. The van der Waals surface area contributed by atoms with Gasteiger partial charge in [0.1, 0.15) is 10.3 Å². The highest BCUT2D eigenvalue weighted by molar-refractivity contribution is 9.10. The molecule has 1 aromatic rings. The Morgan fingerprint density at radius 2 is 2.29 bits per heavy atom. The Morgan fingerprint density at radius 1 is 1.64 bits per heavy atom.